The van der Waals surface area contributed by atoms with Gasteiger partial charge in [0, 0.05) is 12.7 Å². The summed E-state index contributed by atoms with van der Waals surface area (Å²) >= 11 is 6.14. The third-order valence-electron chi connectivity index (χ3n) is 2.46. The summed E-state index contributed by atoms with van der Waals surface area (Å²) in [5.74, 6) is 1.14. The molecule has 88 valence electrons. The zero-order valence-electron chi connectivity index (χ0n) is 9.48. The van der Waals surface area contributed by atoms with Crippen LogP contribution in [0.3, 0.4) is 0 Å². The third-order valence-corrected chi connectivity index (χ3v) is 2.86. The molecule has 0 saturated carbocycles. The standard InChI is InChI=1S/C13H13ClN2O/c1-9-4-2-3-5-11(9)17-13-12(14)10(8-15)6-7-16-13/h2-7H,8,15H2,1H3. The van der Waals surface area contributed by atoms with Crippen LogP contribution in [-0.4, -0.2) is 4.98 Å². The molecule has 0 aliphatic carbocycles. The van der Waals surface area contributed by atoms with Crippen molar-refractivity contribution < 1.29 is 4.74 Å². The van der Waals surface area contributed by atoms with Gasteiger partial charge in [-0.15, -0.1) is 0 Å². The van der Waals surface area contributed by atoms with Crippen molar-refractivity contribution >= 4 is 11.6 Å². The van der Waals surface area contributed by atoms with Crippen LogP contribution in [-0.2, 0) is 6.54 Å². The van der Waals surface area contributed by atoms with Crippen LogP contribution < -0.4 is 10.5 Å². The molecule has 0 spiro atoms. The maximum Gasteiger partial charge on any atom is 0.238 e. The van der Waals surface area contributed by atoms with Crippen molar-refractivity contribution in [1.82, 2.24) is 4.98 Å². The highest BCUT2D eigenvalue weighted by Crippen LogP contribution is 2.30. The summed E-state index contributed by atoms with van der Waals surface area (Å²) in [4.78, 5) is 4.11. The highest BCUT2D eigenvalue weighted by Gasteiger charge is 2.09. The molecule has 0 radical (unpaired) electrons. The van der Waals surface area contributed by atoms with Gasteiger partial charge >= 0.3 is 0 Å². The van der Waals surface area contributed by atoms with Crippen molar-refractivity contribution in [1.29, 1.82) is 0 Å². The summed E-state index contributed by atoms with van der Waals surface area (Å²) in [6.45, 7) is 2.33. The molecule has 3 nitrogen and oxygen atoms in total. The lowest BCUT2D eigenvalue weighted by Gasteiger charge is -2.10. The second-order valence-electron chi connectivity index (χ2n) is 3.66. The van der Waals surface area contributed by atoms with Crippen molar-refractivity contribution in [2.45, 2.75) is 13.5 Å². The molecule has 0 saturated heterocycles. The van der Waals surface area contributed by atoms with E-state index >= 15 is 0 Å². The second kappa shape index (κ2) is 5.17. The van der Waals surface area contributed by atoms with Crippen LogP contribution in [0.2, 0.25) is 5.02 Å². The number of halogens is 1. The molecule has 1 heterocycles. The number of benzene rings is 1. The smallest absolute Gasteiger partial charge is 0.238 e. The van der Waals surface area contributed by atoms with E-state index in [0.29, 0.717) is 17.4 Å². The Balaban J connectivity index is 2.34. The van der Waals surface area contributed by atoms with Crippen LogP contribution in [0.5, 0.6) is 11.6 Å². The van der Waals surface area contributed by atoms with Gasteiger partial charge in [-0.1, -0.05) is 29.8 Å². The monoisotopic (exact) mass is 248 g/mol. The molecule has 0 bridgehead atoms. The van der Waals surface area contributed by atoms with E-state index in [1.165, 1.54) is 0 Å². The minimum Gasteiger partial charge on any atom is -0.437 e. The first-order chi connectivity index (χ1) is 8.22. The molecule has 0 atom stereocenters. The number of nitrogens with zero attached hydrogens (tertiary/aromatic N) is 1. The Labute approximate surface area is 105 Å². The lowest BCUT2D eigenvalue weighted by atomic mass is 10.2. The Kier molecular flexibility index (Phi) is 3.61. The number of nitrogens with two attached hydrogens (primary N) is 1. The van der Waals surface area contributed by atoms with Crippen LogP contribution in [0, 0.1) is 6.92 Å². The normalized spacial score (nSPS) is 10.3. The molecule has 0 fully saturated rings. The van der Waals surface area contributed by atoms with E-state index in [1.807, 2.05) is 31.2 Å². The molecule has 0 aliphatic heterocycles. The molecule has 0 amide bonds. The molecule has 2 rings (SSSR count). The zero-order chi connectivity index (χ0) is 12.3. The summed E-state index contributed by atoms with van der Waals surface area (Å²) in [7, 11) is 0. The Bertz CT molecular complexity index is 529. The maximum atomic E-state index is 6.14. The molecule has 4 heteroatoms. The van der Waals surface area contributed by atoms with Gasteiger partial charge in [-0.05, 0) is 30.2 Å². The average molecular weight is 249 g/mol. The van der Waals surface area contributed by atoms with Crippen molar-refractivity contribution in [3.8, 4) is 11.6 Å². The van der Waals surface area contributed by atoms with Gasteiger partial charge in [0.05, 0.1) is 0 Å². The fourth-order valence-electron chi connectivity index (χ4n) is 1.47. The molecule has 2 N–H and O–H groups in total. The van der Waals surface area contributed by atoms with Crippen molar-refractivity contribution in [3.05, 3.63) is 52.7 Å². The average Bonchev–Trinajstić information content (AvgIpc) is 2.34. The molecule has 17 heavy (non-hydrogen) atoms. The molecule has 0 aliphatic rings. The molecular weight excluding hydrogens is 236 g/mol. The fraction of sp³-hybridized carbons (Fsp3) is 0.154. The Morgan fingerprint density at radius 2 is 2.06 bits per heavy atom. The summed E-state index contributed by atoms with van der Waals surface area (Å²) in [5, 5.41) is 0.471. The first kappa shape index (κ1) is 11.9. The van der Waals surface area contributed by atoms with Crippen LogP contribution in [0.25, 0.3) is 0 Å². The summed E-state index contributed by atoms with van der Waals surface area (Å²) in [5.41, 5.74) is 7.43. The fourth-order valence-corrected chi connectivity index (χ4v) is 1.69. The minimum atomic E-state index is 0.367. The van der Waals surface area contributed by atoms with Crippen LogP contribution in [0.4, 0.5) is 0 Å². The minimum absolute atomic E-state index is 0.367. The number of hydrogen-bond acceptors (Lipinski definition) is 3. The lowest BCUT2D eigenvalue weighted by Crippen LogP contribution is -1.99. The van der Waals surface area contributed by atoms with Gasteiger partial charge in [0.25, 0.3) is 0 Å². The zero-order valence-corrected chi connectivity index (χ0v) is 10.2. The van der Waals surface area contributed by atoms with E-state index in [4.69, 9.17) is 22.1 Å². The third kappa shape index (κ3) is 2.57. The van der Waals surface area contributed by atoms with Crippen LogP contribution >= 0.6 is 11.6 Å². The molecule has 1 aromatic heterocycles. The summed E-state index contributed by atoms with van der Waals surface area (Å²) in [6.07, 6.45) is 1.64. The first-order valence-corrected chi connectivity index (χ1v) is 5.67. The highest BCUT2D eigenvalue weighted by molar-refractivity contribution is 6.32. The largest absolute Gasteiger partial charge is 0.437 e. The number of aryl methyl sites for hydroxylation is 1. The van der Waals surface area contributed by atoms with E-state index in [2.05, 4.69) is 4.98 Å². The van der Waals surface area contributed by atoms with Gasteiger partial charge < -0.3 is 10.5 Å². The number of ether oxygens (including phenoxy) is 1. The van der Waals surface area contributed by atoms with Gasteiger partial charge in [0.2, 0.25) is 5.88 Å². The van der Waals surface area contributed by atoms with E-state index in [0.717, 1.165) is 16.9 Å². The number of rotatable bonds is 3. The maximum absolute atomic E-state index is 6.14. The SMILES string of the molecule is Cc1ccccc1Oc1nccc(CN)c1Cl. The van der Waals surface area contributed by atoms with Gasteiger partial charge in [0.1, 0.15) is 10.8 Å². The summed E-state index contributed by atoms with van der Waals surface area (Å²) in [6, 6.07) is 9.49. The predicted octanol–water partition coefficient (Wildman–Crippen LogP) is 3.29. The number of aromatic nitrogens is 1. The topological polar surface area (TPSA) is 48.1 Å². The van der Waals surface area contributed by atoms with Crippen LogP contribution in [0.15, 0.2) is 36.5 Å². The number of para-hydroxylation sites is 1. The molecular formula is C13H13ClN2O. The van der Waals surface area contributed by atoms with E-state index < -0.39 is 0 Å². The summed E-state index contributed by atoms with van der Waals surface area (Å²) < 4.78 is 5.68. The van der Waals surface area contributed by atoms with Gasteiger partial charge in [0.15, 0.2) is 0 Å². The number of hydrogen-bond donors (Lipinski definition) is 1. The van der Waals surface area contributed by atoms with E-state index in [-0.39, 0.29) is 0 Å². The highest BCUT2D eigenvalue weighted by atomic mass is 35.5. The first-order valence-electron chi connectivity index (χ1n) is 5.29. The molecule has 1 aromatic carbocycles. The Morgan fingerprint density at radius 1 is 1.29 bits per heavy atom. The quantitative estimate of drug-likeness (QED) is 0.907. The lowest BCUT2D eigenvalue weighted by molar-refractivity contribution is 0.459. The van der Waals surface area contributed by atoms with E-state index in [9.17, 15) is 0 Å². The van der Waals surface area contributed by atoms with Crippen LogP contribution in [0.1, 0.15) is 11.1 Å². The van der Waals surface area contributed by atoms with Gasteiger partial charge in [-0.25, -0.2) is 4.98 Å². The number of pyridine rings is 1. The van der Waals surface area contributed by atoms with E-state index in [1.54, 1.807) is 12.3 Å². The van der Waals surface area contributed by atoms with Crippen molar-refractivity contribution in [3.63, 3.8) is 0 Å². The van der Waals surface area contributed by atoms with Gasteiger partial charge in [-0.2, -0.15) is 0 Å². The van der Waals surface area contributed by atoms with Crippen molar-refractivity contribution in [2.75, 3.05) is 0 Å². The second-order valence-corrected chi connectivity index (χ2v) is 4.04. The molecule has 0 unspecified atom stereocenters. The van der Waals surface area contributed by atoms with Crippen molar-refractivity contribution in [2.24, 2.45) is 5.73 Å². The van der Waals surface area contributed by atoms with Gasteiger partial charge in [-0.3, -0.25) is 0 Å². The Hall–Kier alpha value is -1.58. The Morgan fingerprint density at radius 3 is 2.76 bits per heavy atom. The predicted molar refractivity (Wildman–Crippen MR) is 68.4 cm³/mol. The molecule has 2 aromatic rings.